The van der Waals surface area contributed by atoms with Crippen molar-refractivity contribution in [3.8, 4) is 11.5 Å². The van der Waals surface area contributed by atoms with Gasteiger partial charge < -0.3 is 9.47 Å². The van der Waals surface area contributed by atoms with Crippen molar-refractivity contribution in [2.45, 2.75) is 11.1 Å². The fraction of sp³-hybridized carbons (Fsp3) is 0.200. The van der Waals surface area contributed by atoms with Crippen LogP contribution in [0.1, 0.15) is 5.56 Å². The molecule has 2 rings (SSSR count). The monoisotopic (exact) mass is 395 g/mol. The molecular weight excluding hydrogens is 383 g/mol. The van der Waals surface area contributed by atoms with Crippen molar-refractivity contribution < 1.29 is 31.1 Å². The highest BCUT2D eigenvalue weighted by atomic mass is 35.5. The standard InChI is InChI=1S/C15H13ClF3NO4S/c1-23-13-8-12(14(24-2)7-11(13)16)20-25(21,22)10-5-3-9(4-6-10)15(17,18)19/h3-8,20H,1-2H3. The number of sulfonamides is 1. The molecule has 2 aromatic carbocycles. The molecule has 2 aromatic rings. The molecule has 0 spiro atoms. The molecule has 25 heavy (non-hydrogen) atoms. The van der Waals surface area contributed by atoms with E-state index in [-0.39, 0.29) is 27.1 Å². The molecule has 0 saturated carbocycles. The average molecular weight is 396 g/mol. The Hall–Kier alpha value is -2.13. The van der Waals surface area contributed by atoms with Gasteiger partial charge in [0, 0.05) is 12.1 Å². The highest BCUT2D eigenvalue weighted by Gasteiger charge is 2.30. The van der Waals surface area contributed by atoms with Crippen molar-refractivity contribution in [1.82, 2.24) is 0 Å². The van der Waals surface area contributed by atoms with Gasteiger partial charge in [-0.3, -0.25) is 4.72 Å². The quantitative estimate of drug-likeness (QED) is 0.825. The Bertz CT molecular complexity index is 868. The fourth-order valence-electron chi connectivity index (χ4n) is 1.97. The maximum Gasteiger partial charge on any atom is 0.416 e. The van der Waals surface area contributed by atoms with Gasteiger partial charge in [-0.05, 0) is 24.3 Å². The van der Waals surface area contributed by atoms with E-state index >= 15 is 0 Å². The Morgan fingerprint density at radius 3 is 2.04 bits per heavy atom. The van der Waals surface area contributed by atoms with Gasteiger partial charge in [0.2, 0.25) is 0 Å². The van der Waals surface area contributed by atoms with Crippen molar-refractivity contribution >= 4 is 27.3 Å². The van der Waals surface area contributed by atoms with E-state index < -0.39 is 21.8 Å². The number of halogens is 4. The average Bonchev–Trinajstić information content (AvgIpc) is 2.55. The van der Waals surface area contributed by atoms with Crippen LogP contribution >= 0.6 is 11.6 Å². The summed E-state index contributed by atoms with van der Waals surface area (Å²) in [6.45, 7) is 0. The predicted molar refractivity (Wildman–Crippen MR) is 86.8 cm³/mol. The van der Waals surface area contributed by atoms with Crippen molar-refractivity contribution in [2.75, 3.05) is 18.9 Å². The maximum atomic E-state index is 12.6. The van der Waals surface area contributed by atoms with Gasteiger partial charge in [0.15, 0.2) is 0 Å². The SMILES string of the molecule is COc1cc(NS(=O)(=O)c2ccc(C(F)(F)F)cc2)c(OC)cc1Cl. The molecule has 0 bridgehead atoms. The molecule has 0 heterocycles. The summed E-state index contributed by atoms with van der Waals surface area (Å²) >= 11 is 5.94. The van der Waals surface area contributed by atoms with Crippen LogP contribution in [0.5, 0.6) is 11.5 Å². The third-order valence-electron chi connectivity index (χ3n) is 3.21. The van der Waals surface area contributed by atoms with E-state index in [0.717, 1.165) is 12.1 Å². The van der Waals surface area contributed by atoms with Crippen LogP contribution in [0.15, 0.2) is 41.3 Å². The van der Waals surface area contributed by atoms with Crippen LogP contribution in [0.2, 0.25) is 5.02 Å². The van der Waals surface area contributed by atoms with Crippen molar-refractivity contribution in [2.24, 2.45) is 0 Å². The van der Waals surface area contributed by atoms with E-state index in [0.29, 0.717) is 12.1 Å². The third kappa shape index (κ3) is 4.29. The maximum absolute atomic E-state index is 12.6. The number of anilines is 1. The largest absolute Gasteiger partial charge is 0.495 e. The third-order valence-corrected chi connectivity index (χ3v) is 4.89. The van der Waals surface area contributed by atoms with Gasteiger partial charge in [-0.2, -0.15) is 13.2 Å². The minimum absolute atomic E-state index is 0.0312. The first-order valence-corrected chi connectivity index (χ1v) is 8.56. The summed E-state index contributed by atoms with van der Waals surface area (Å²) in [6.07, 6.45) is -4.55. The smallest absolute Gasteiger partial charge is 0.416 e. The Morgan fingerprint density at radius 2 is 1.56 bits per heavy atom. The second-order valence-corrected chi connectivity index (χ2v) is 6.90. The number of nitrogens with one attached hydrogen (secondary N) is 1. The van der Waals surface area contributed by atoms with E-state index in [9.17, 15) is 21.6 Å². The summed E-state index contributed by atoms with van der Waals surface area (Å²) in [5.74, 6) is 0.328. The molecule has 0 aliphatic carbocycles. The summed E-state index contributed by atoms with van der Waals surface area (Å²) in [6, 6.07) is 5.77. The molecular formula is C15H13ClF3NO4S. The van der Waals surface area contributed by atoms with Gasteiger partial charge in [-0.25, -0.2) is 8.42 Å². The molecule has 5 nitrogen and oxygen atoms in total. The van der Waals surface area contributed by atoms with Gasteiger partial charge in [-0.15, -0.1) is 0 Å². The van der Waals surface area contributed by atoms with E-state index in [1.807, 2.05) is 0 Å². The van der Waals surface area contributed by atoms with E-state index in [1.54, 1.807) is 0 Å². The Kier molecular flexibility index (Phi) is 5.38. The Labute approximate surface area is 147 Å². The number of benzene rings is 2. The van der Waals surface area contributed by atoms with E-state index in [1.165, 1.54) is 26.4 Å². The summed E-state index contributed by atoms with van der Waals surface area (Å²) < 4.78 is 74.8. The van der Waals surface area contributed by atoms with Crippen LogP contribution in [0.4, 0.5) is 18.9 Å². The van der Waals surface area contributed by atoms with Gasteiger partial charge in [-0.1, -0.05) is 11.6 Å². The molecule has 0 saturated heterocycles. The molecule has 10 heteroatoms. The van der Waals surface area contributed by atoms with E-state index in [4.69, 9.17) is 21.1 Å². The normalized spacial score (nSPS) is 11.9. The lowest BCUT2D eigenvalue weighted by Gasteiger charge is -2.14. The molecule has 0 aliphatic heterocycles. The molecule has 0 fully saturated rings. The van der Waals surface area contributed by atoms with Crippen molar-refractivity contribution in [1.29, 1.82) is 0 Å². The lowest BCUT2D eigenvalue weighted by molar-refractivity contribution is -0.137. The number of methoxy groups -OCH3 is 2. The molecule has 136 valence electrons. The van der Waals surface area contributed by atoms with Crippen molar-refractivity contribution in [3.05, 3.63) is 47.0 Å². The van der Waals surface area contributed by atoms with Crippen LogP contribution in [0.25, 0.3) is 0 Å². The van der Waals surface area contributed by atoms with Gasteiger partial charge in [0.25, 0.3) is 10.0 Å². The van der Waals surface area contributed by atoms with Gasteiger partial charge >= 0.3 is 6.18 Å². The first-order valence-electron chi connectivity index (χ1n) is 6.70. The molecule has 0 unspecified atom stereocenters. The van der Waals surface area contributed by atoms with Gasteiger partial charge in [0.1, 0.15) is 11.5 Å². The predicted octanol–water partition coefficient (Wildman–Crippen LogP) is 4.18. The summed E-state index contributed by atoms with van der Waals surface area (Å²) in [7, 11) is -1.48. The fourth-order valence-corrected chi connectivity index (χ4v) is 3.26. The minimum Gasteiger partial charge on any atom is -0.495 e. The van der Waals surface area contributed by atoms with Crippen molar-refractivity contribution in [3.63, 3.8) is 0 Å². The molecule has 0 aromatic heterocycles. The first-order chi connectivity index (χ1) is 11.6. The number of ether oxygens (including phenoxy) is 2. The topological polar surface area (TPSA) is 64.6 Å². The molecule has 0 radical (unpaired) electrons. The lowest BCUT2D eigenvalue weighted by atomic mass is 10.2. The zero-order chi connectivity index (χ0) is 18.8. The van der Waals surface area contributed by atoms with E-state index in [2.05, 4.69) is 4.72 Å². The van der Waals surface area contributed by atoms with Crippen LogP contribution < -0.4 is 14.2 Å². The second-order valence-electron chi connectivity index (χ2n) is 4.81. The lowest BCUT2D eigenvalue weighted by Crippen LogP contribution is -2.14. The highest BCUT2D eigenvalue weighted by Crippen LogP contribution is 2.37. The summed E-state index contributed by atoms with van der Waals surface area (Å²) in [5.41, 5.74) is -0.916. The molecule has 0 atom stereocenters. The zero-order valence-electron chi connectivity index (χ0n) is 13.0. The van der Waals surface area contributed by atoms with Crippen LogP contribution in [0.3, 0.4) is 0 Å². The molecule has 0 amide bonds. The summed E-state index contributed by atoms with van der Waals surface area (Å²) in [5, 5.41) is 0.205. The zero-order valence-corrected chi connectivity index (χ0v) is 14.6. The highest BCUT2D eigenvalue weighted by molar-refractivity contribution is 7.92. The Morgan fingerprint density at radius 1 is 1.00 bits per heavy atom. The molecule has 0 aliphatic rings. The number of hydrogen-bond acceptors (Lipinski definition) is 4. The van der Waals surface area contributed by atoms with Crippen LogP contribution in [-0.2, 0) is 16.2 Å². The minimum atomic E-state index is -4.55. The van der Waals surface area contributed by atoms with Gasteiger partial charge in [0.05, 0.1) is 35.4 Å². The summed E-state index contributed by atoms with van der Waals surface area (Å²) in [4.78, 5) is -0.337. The van der Waals surface area contributed by atoms with Crippen LogP contribution in [-0.4, -0.2) is 22.6 Å². The second kappa shape index (κ2) is 7.01. The molecule has 1 N–H and O–H groups in total. The van der Waals surface area contributed by atoms with Crippen LogP contribution in [0, 0.1) is 0 Å². The Balaban J connectivity index is 2.39. The first kappa shape index (κ1) is 19.2. The number of alkyl halides is 3. The number of rotatable bonds is 5. The number of hydrogen-bond donors (Lipinski definition) is 1.